The highest BCUT2D eigenvalue weighted by molar-refractivity contribution is 6.12. The lowest BCUT2D eigenvalue weighted by molar-refractivity contribution is 0.438. The highest BCUT2D eigenvalue weighted by Crippen LogP contribution is 2.63. The number of hydrogen-bond acceptors (Lipinski definition) is 1. The number of para-hydroxylation sites is 3. The Kier molecular flexibility index (Phi) is 5.34. The van der Waals surface area contributed by atoms with Gasteiger partial charge in [-0.1, -0.05) is 146 Å². The van der Waals surface area contributed by atoms with Crippen LogP contribution in [-0.2, 0) is 5.41 Å². The molecule has 9 aromatic rings. The zero-order valence-electron chi connectivity index (χ0n) is 26.6. The lowest BCUT2D eigenvalue weighted by Gasteiger charge is -2.40. The third kappa shape index (κ3) is 3.45. The zero-order valence-corrected chi connectivity index (χ0v) is 26.6. The second-order valence-electron chi connectivity index (χ2n) is 13.2. The van der Waals surface area contributed by atoms with E-state index in [1.807, 2.05) is 0 Å². The molecule has 1 aliphatic heterocycles. The summed E-state index contributed by atoms with van der Waals surface area (Å²) in [4.78, 5) is 0. The minimum Gasteiger partial charge on any atom is -0.456 e. The quantitative estimate of drug-likeness (QED) is 0.187. The summed E-state index contributed by atoms with van der Waals surface area (Å²) >= 11 is 0. The molecule has 0 fully saturated rings. The Morgan fingerprint density at radius 3 is 1.84 bits per heavy atom. The van der Waals surface area contributed by atoms with E-state index in [9.17, 15) is 0 Å². The standard InChI is InChI=1S/C47H29NO/c1-2-15-32-30(13-1)14-11-25-42(32)48-43-24-9-5-18-36(43)37-29-31(27-28-44(37)48)33-19-12-23-41-46(33)49-45-26-10-8-22-40(45)47(41)38-20-6-3-16-34(38)35-17-4-7-21-39(35)47/h1-29H. The van der Waals surface area contributed by atoms with Crippen molar-refractivity contribution in [2.45, 2.75) is 5.41 Å². The first-order valence-electron chi connectivity index (χ1n) is 16.9. The summed E-state index contributed by atoms with van der Waals surface area (Å²) in [7, 11) is 0. The van der Waals surface area contributed by atoms with Crippen molar-refractivity contribution >= 4 is 32.6 Å². The van der Waals surface area contributed by atoms with Crippen molar-refractivity contribution in [1.29, 1.82) is 0 Å². The van der Waals surface area contributed by atoms with E-state index >= 15 is 0 Å². The number of ether oxygens (including phenoxy) is 1. The smallest absolute Gasteiger partial charge is 0.140 e. The summed E-state index contributed by atoms with van der Waals surface area (Å²) < 4.78 is 9.42. The molecule has 0 unspecified atom stereocenters. The molecule has 11 rings (SSSR count). The van der Waals surface area contributed by atoms with E-state index in [-0.39, 0.29) is 0 Å². The topological polar surface area (TPSA) is 14.2 Å². The van der Waals surface area contributed by atoms with Gasteiger partial charge in [-0.05, 0) is 63.5 Å². The number of fused-ring (bicyclic) bond motifs is 13. The van der Waals surface area contributed by atoms with Crippen molar-refractivity contribution in [2.24, 2.45) is 0 Å². The summed E-state index contributed by atoms with van der Waals surface area (Å²) in [5.74, 6) is 1.83. The Morgan fingerprint density at radius 2 is 1.00 bits per heavy atom. The highest BCUT2D eigenvalue weighted by Gasteiger charge is 2.51. The van der Waals surface area contributed by atoms with Gasteiger partial charge < -0.3 is 9.30 Å². The average Bonchev–Trinajstić information content (AvgIpc) is 3.65. The molecule has 0 radical (unpaired) electrons. The Bertz CT molecular complexity index is 2770. The van der Waals surface area contributed by atoms with Gasteiger partial charge >= 0.3 is 0 Å². The lowest BCUT2D eigenvalue weighted by Crippen LogP contribution is -2.32. The summed E-state index contributed by atoms with van der Waals surface area (Å²) in [5.41, 5.74) is 12.9. The van der Waals surface area contributed by atoms with Crippen molar-refractivity contribution in [2.75, 3.05) is 0 Å². The molecule has 49 heavy (non-hydrogen) atoms. The Hall–Kier alpha value is -6.38. The van der Waals surface area contributed by atoms with Crippen LogP contribution in [0.5, 0.6) is 11.5 Å². The molecule has 0 saturated carbocycles. The van der Waals surface area contributed by atoms with E-state index in [2.05, 4.69) is 180 Å². The molecule has 2 nitrogen and oxygen atoms in total. The summed E-state index contributed by atoms with van der Waals surface area (Å²) in [6.45, 7) is 0. The molecular formula is C47H29NO. The molecule has 1 aliphatic carbocycles. The van der Waals surface area contributed by atoms with E-state index in [4.69, 9.17) is 4.74 Å². The molecule has 2 aliphatic rings. The molecule has 0 amide bonds. The first kappa shape index (κ1) is 26.7. The first-order chi connectivity index (χ1) is 24.3. The Morgan fingerprint density at radius 1 is 0.408 bits per heavy atom. The third-order valence-corrected chi connectivity index (χ3v) is 10.9. The molecule has 0 saturated heterocycles. The maximum Gasteiger partial charge on any atom is 0.140 e. The minimum atomic E-state index is -0.484. The fourth-order valence-electron chi connectivity index (χ4n) is 8.91. The van der Waals surface area contributed by atoms with Crippen LogP contribution < -0.4 is 4.74 Å². The van der Waals surface area contributed by atoms with Gasteiger partial charge in [-0.25, -0.2) is 0 Å². The number of hydrogen-bond donors (Lipinski definition) is 0. The van der Waals surface area contributed by atoms with Crippen LogP contribution in [0.1, 0.15) is 22.3 Å². The van der Waals surface area contributed by atoms with Crippen LogP contribution in [0.3, 0.4) is 0 Å². The lowest BCUT2D eigenvalue weighted by atomic mass is 9.65. The number of benzene rings is 8. The Balaban J connectivity index is 1.19. The van der Waals surface area contributed by atoms with Gasteiger partial charge in [-0.15, -0.1) is 0 Å². The monoisotopic (exact) mass is 623 g/mol. The van der Waals surface area contributed by atoms with Gasteiger partial charge in [0.05, 0.1) is 22.1 Å². The molecule has 0 atom stereocenters. The predicted molar refractivity (Wildman–Crippen MR) is 201 cm³/mol. The van der Waals surface area contributed by atoms with Gasteiger partial charge in [-0.2, -0.15) is 0 Å². The van der Waals surface area contributed by atoms with Crippen molar-refractivity contribution in [3.05, 3.63) is 198 Å². The molecule has 2 heterocycles. The molecule has 2 heteroatoms. The summed E-state index contributed by atoms with van der Waals surface area (Å²) in [5, 5.41) is 4.93. The van der Waals surface area contributed by atoms with Gasteiger partial charge in [-0.3, -0.25) is 0 Å². The molecule has 0 bridgehead atoms. The van der Waals surface area contributed by atoms with Crippen LogP contribution in [0.15, 0.2) is 176 Å². The normalized spacial score (nSPS) is 13.6. The van der Waals surface area contributed by atoms with Crippen LogP contribution in [-0.4, -0.2) is 4.57 Å². The van der Waals surface area contributed by atoms with Crippen molar-refractivity contribution in [1.82, 2.24) is 4.57 Å². The summed E-state index contributed by atoms with van der Waals surface area (Å²) in [6.07, 6.45) is 0. The van der Waals surface area contributed by atoms with Crippen LogP contribution in [0.2, 0.25) is 0 Å². The van der Waals surface area contributed by atoms with E-state index in [0.717, 1.165) is 22.6 Å². The summed E-state index contributed by atoms with van der Waals surface area (Å²) in [6, 6.07) is 64.0. The predicted octanol–water partition coefficient (Wildman–Crippen LogP) is 12.1. The molecule has 1 aromatic heterocycles. The fourth-order valence-corrected chi connectivity index (χ4v) is 8.91. The SMILES string of the molecule is c1ccc2c(c1)Oc1c(-c3ccc4c(c3)c3ccccc3n4-c3cccc4ccccc34)cccc1C21c2ccccc2-c2ccccc21. The molecule has 228 valence electrons. The van der Waals surface area contributed by atoms with Crippen molar-refractivity contribution < 1.29 is 4.74 Å². The van der Waals surface area contributed by atoms with Crippen LogP contribution in [0.4, 0.5) is 0 Å². The van der Waals surface area contributed by atoms with Gasteiger partial charge in [0, 0.05) is 32.8 Å². The van der Waals surface area contributed by atoms with Crippen molar-refractivity contribution in [3.8, 4) is 39.4 Å². The van der Waals surface area contributed by atoms with Crippen molar-refractivity contribution in [3.63, 3.8) is 0 Å². The van der Waals surface area contributed by atoms with Crippen LogP contribution >= 0.6 is 0 Å². The maximum absolute atomic E-state index is 7.00. The molecule has 1 spiro atoms. The largest absolute Gasteiger partial charge is 0.456 e. The van der Waals surface area contributed by atoms with Gasteiger partial charge in [0.15, 0.2) is 0 Å². The minimum absolute atomic E-state index is 0.484. The third-order valence-electron chi connectivity index (χ3n) is 10.9. The first-order valence-corrected chi connectivity index (χ1v) is 16.9. The number of aromatic nitrogens is 1. The van der Waals surface area contributed by atoms with Crippen LogP contribution in [0, 0.1) is 0 Å². The zero-order chi connectivity index (χ0) is 32.1. The number of rotatable bonds is 2. The van der Waals surface area contributed by atoms with Crippen LogP contribution in [0.25, 0.3) is 60.5 Å². The second kappa shape index (κ2) is 9.82. The average molecular weight is 624 g/mol. The van der Waals surface area contributed by atoms with Gasteiger partial charge in [0.25, 0.3) is 0 Å². The highest BCUT2D eigenvalue weighted by atomic mass is 16.5. The van der Waals surface area contributed by atoms with E-state index in [0.29, 0.717) is 0 Å². The molecule has 0 N–H and O–H groups in total. The molecular weight excluding hydrogens is 595 g/mol. The molecule has 8 aromatic carbocycles. The Labute approximate surface area is 284 Å². The van der Waals surface area contributed by atoms with Gasteiger partial charge in [0.1, 0.15) is 11.5 Å². The maximum atomic E-state index is 7.00. The second-order valence-corrected chi connectivity index (χ2v) is 13.2. The number of nitrogens with zero attached hydrogens (tertiary/aromatic N) is 1. The van der Waals surface area contributed by atoms with E-state index < -0.39 is 5.41 Å². The van der Waals surface area contributed by atoms with E-state index in [1.165, 1.54) is 71.6 Å². The van der Waals surface area contributed by atoms with Gasteiger partial charge in [0.2, 0.25) is 0 Å². The fraction of sp³-hybridized carbons (Fsp3) is 0.0213. The van der Waals surface area contributed by atoms with E-state index in [1.54, 1.807) is 0 Å².